The maximum absolute atomic E-state index is 13.9. The average molecular weight is 332 g/mol. The van der Waals surface area contributed by atoms with Crippen LogP contribution in [0, 0.1) is 18.6 Å². The van der Waals surface area contributed by atoms with Gasteiger partial charge in [0.05, 0.1) is 0 Å². The standard InChI is InChI=1S/C18H18F2N2O2/c1-11-9-21-10-15(17(11)23)18(24)22-6-2-3-14(22)8-12-7-13(19)4-5-16(12)20/h4-5,7,9-10,14H,2-3,6,8H2,1H3,(H,21,23). The van der Waals surface area contributed by atoms with E-state index >= 15 is 0 Å². The average Bonchev–Trinajstić information content (AvgIpc) is 3.01. The quantitative estimate of drug-likeness (QED) is 0.940. The summed E-state index contributed by atoms with van der Waals surface area (Å²) in [5.41, 5.74) is 0.494. The van der Waals surface area contributed by atoms with Gasteiger partial charge in [-0.3, -0.25) is 9.59 Å². The summed E-state index contributed by atoms with van der Waals surface area (Å²) in [7, 11) is 0. The zero-order valence-electron chi connectivity index (χ0n) is 13.3. The summed E-state index contributed by atoms with van der Waals surface area (Å²) in [6, 6.07) is 3.09. The summed E-state index contributed by atoms with van der Waals surface area (Å²) in [4.78, 5) is 29.3. The predicted molar refractivity (Wildman–Crippen MR) is 85.9 cm³/mol. The van der Waals surface area contributed by atoms with Gasteiger partial charge < -0.3 is 9.88 Å². The Morgan fingerprint density at radius 2 is 2.12 bits per heavy atom. The smallest absolute Gasteiger partial charge is 0.259 e. The lowest BCUT2D eigenvalue weighted by Crippen LogP contribution is -2.39. The third kappa shape index (κ3) is 3.09. The summed E-state index contributed by atoms with van der Waals surface area (Å²) in [5, 5.41) is 0. The van der Waals surface area contributed by atoms with E-state index in [1.54, 1.807) is 18.0 Å². The molecular formula is C18H18F2N2O2. The van der Waals surface area contributed by atoms with Crippen LogP contribution in [0.5, 0.6) is 0 Å². The number of hydrogen-bond donors (Lipinski definition) is 1. The number of rotatable bonds is 3. The number of aromatic nitrogens is 1. The number of halogens is 2. The molecule has 3 rings (SSSR count). The van der Waals surface area contributed by atoms with Crippen molar-refractivity contribution in [1.82, 2.24) is 9.88 Å². The fourth-order valence-electron chi connectivity index (χ4n) is 3.18. The number of likely N-dealkylation sites (tertiary alicyclic amines) is 1. The maximum atomic E-state index is 13.9. The first-order valence-electron chi connectivity index (χ1n) is 7.90. The molecule has 0 saturated carbocycles. The molecule has 2 heterocycles. The zero-order valence-corrected chi connectivity index (χ0v) is 13.3. The van der Waals surface area contributed by atoms with Gasteiger partial charge in [-0.15, -0.1) is 0 Å². The van der Waals surface area contributed by atoms with Crippen LogP contribution in [0.1, 0.15) is 34.3 Å². The summed E-state index contributed by atoms with van der Waals surface area (Å²) < 4.78 is 27.2. The van der Waals surface area contributed by atoms with Crippen molar-refractivity contribution in [3.05, 3.63) is 69.1 Å². The first-order valence-corrected chi connectivity index (χ1v) is 7.90. The summed E-state index contributed by atoms with van der Waals surface area (Å²) in [6.45, 7) is 2.15. The normalized spacial score (nSPS) is 17.3. The number of hydrogen-bond acceptors (Lipinski definition) is 2. The SMILES string of the molecule is Cc1c[nH]cc(C(=O)N2CCCC2Cc2cc(F)ccc2F)c1=O. The Morgan fingerprint density at radius 3 is 2.92 bits per heavy atom. The molecule has 1 aromatic carbocycles. The van der Waals surface area contributed by atoms with E-state index in [4.69, 9.17) is 0 Å². The van der Waals surface area contributed by atoms with Gasteiger partial charge in [0.25, 0.3) is 5.91 Å². The largest absolute Gasteiger partial charge is 0.366 e. The Bertz CT molecular complexity index is 832. The van der Waals surface area contributed by atoms with Gasteiger partial charge in [-0.05, 0) is 49.9 Å². The molecular weight excluding hydrogens is 314 g/mol. The molecule has 2 aromatic rings. The van der Waals surface area contributed by atoms with Gasteiger partial charge in [-0.25, -0.2) is 8.78 Å². The van der Waals surface area contributed by atoms with E-state index in [1.165, 1.54) is 6.20 Å². The predicted octanol–water partition coefficient (Wildman–Crippen LogP) is 2.81. The lowest BCUT2D eigenvalue weighted by molar-refractivity contribution is 0.0734. The molecule has 0 aliphatic carbocycles. The molecule has 1 N–H and O–H groups in total. The summed E-state index contributed by atoms with van der Waals surface area (Å²) >= 11 is 0. The lowest BCUT2D eigenvalue weighted by Gasteiger charge is -2.25. The molecule has 0 radical (unpaired) electrons. The molecule has 0 bridgehead atoms. The first kappa shape index (κ1) is 16.4. The molecule has 1 aromatic heterocycles. The number of carbonyl (C=O) groups is 1. The highest BCUT2D eigenvalue weighted by Crippen LogP contribution is 2.24. The van der Waals surface area contributed by atoms with E-state index in [9.17, 15) is 18.4 Å². The number of pyridine rings is 1. The summed E-state index contributed by atoms with van der Waals surface area (Å²) in [6.07, 6.45) is 4.65. The van der Waals surface area contributed by atoms with Crippen LogP contribution in [0.2, 0.25) is 0 Å². The first-order chi connectivity index (χ1) is 11.5. The number of nitrogens with zero attached hydrogens (tertiary/aromatic N) is 1. The van der Waals surface area contributed by atoms with Gasteiger partial charge >= 0.3 is 0 Å². The fourth-order valence-corrected chi connectivity index (χ4v) is 3.18. The van der Waals surface area contributed by atoms with Gasteiger partial charge in [0.2, 0.25) is 0 Å². The van der Waals surface area contributed by atoms with Crippen molar-refractivity contribution in [2.45, 2.75) is 32.2 Å². The number of benzene rings is 1. The van der Waals surface area contributed by atoms with Crippen LogP contribution in [-0.2, 0) is 6.42 Å². The number of carbonyl (C=O) groups excluding carboxylic acids is 1. The van der Waals surface area contributed by atoms with Crippen molar-refractivity contribution < 1.29 is 13.6 Å². The van der Waals surface area contributed by atoms with Gasteiger partial charge in [-0.1, -0.05) is 0 Å². The molecule has 24 heavy (non-hydrogen) atoms. The van der Waals surface area contributed by atoms with E-state index in [2.05, 4.69) is 4.98 Å². The van der Waals surface area contributed by atoms with Crippen molar-refractivity contribution in [3.8, 4) is 0 Å². The van der Waals surface area contributed by atoms with Gasteiger partial charge in [0.15, 0.2) is 5.43 Å². The topological polar surface area (TPSA) is 53.2 Å². The monoisotopic (exact) mass is 332 g/mol. The molecule has 1 atom stereocenters. The van der Waals surface area contributed by atoms with Gasteiger partial charge in [-0.2, -0.15) is 0 Å². The highest BCUT2D eigenvalue weighted by molar-refractivity contribution is 5.94. The van der Waals surface area contributed by atoms with Crippen molar-refractivity contribution in [3.63, 3.8) is 0 Å². The Kier molecular flexibility index (Phi) is 4.46. The molecule has 1 saturated heterocycles. The molecule has 1 unspecified atom stereocenters. The van der Waals surface area contributed by atoms with Crippen molar-refractivity contribution in [1.29, 1.82) is 0 Å². The van der Waals surface area contributed by atoms with E-state index < -0.39 is 11.6 Å². The third-order valence-electron chi connectivity index (χ3n) is 4.46. The van der Waals surface area contributed by atoms with Crippen LogP contribution in [-0.4, -0.2) is 28.4 Å². The van der Waals surface area contributed by atoms with Crippen molar-refractivity contribution >= 4 is 5.91 Å². The minimum Gasteiger partial charge on any atom is -0.366 e. The van der Waals surface area contributed by atoms with Gasteiger partial charge in [0, 0.05) is 30.5 Å². The van der Waals surface area contributed by atoms with E-state index in [0.717, 1.165) is 24.6 Å². The Balaban J connectivity index is 1.85. The lowest BCUT2D eigenvalue weighted by atomic mass is 10.0. The number of aromatic amines is 1. The summed E-state index contributed by atoms with van der Waals surface area (Å²) in [5.74, 6) is -1.35. The van der Waals surface area contributed by atoms with Crippen LogP contribution in [0.15, 0.2) is 35.4 Å². The highest BCUT2D eigenvalue weighted by atomic mass is 19.1. The number of aryl methyl sites for hydroxylation is 1. The van der Waals surface area contributed by atoms with Crippen LogP contribution in [0.4, 0.5) is 8.78 Å². The highest BCUT2D eigenvalue weighted by Gasteiger charge is 2.31. The van der Waals surface area contributed by atoms with Crippen LogP contribution in [0.25, 0.3) is 0 Å². The second-order valence-electron chi connectivity index (χ2n) is 6.12. The Hall–Kier alpha value is -2.50. The number of amides is 1. The van der Waals surface area contributed by atoms with Crippen molar-refractivity contribution in [2.24, 2.45) is 0 Å². The Labute approximate surface area is 138 Å². The van der Waals surface area contributed by atoms with Crippen LogP contribution in [0.3, 0.4) is 0 Å². The fraction of sp³-hybridized carbons (Fsp3) is 0.333. The van der Waals surface area contributed by atoms with Crippen LogP contribution < -0.4 is 5.43 Å². The second-order valence-corrected chi connectivity index (χ2v) is 6.12. The second kappa shape index (κ2) is 6.55. The molecule has 6 heteroatoms. The van der Waals surface area contributed by atoms with Crippen LogP contribution >= 0.6 is 0 Å². The molecule has 1 amide bonds. The van der Waals surface area contributed by atoms with Crippen molar-refractivity contribution in [2.75, 3.05) is 6.54 Å². The van der Waals surface area contributed by atoms with E-state index in [1.807, 2.05) is 0 Å². The molecule has 1 fully saturated rings. The number of nitrogens with one attached hydrogen (secondary N) is 1. The minimum atomic E-state index is -0.502. The molecule has 0 spiro atoms. The Morgan fingerprint density at radius 1 is 1.33 bits per heavy atom. The molecule has 126 valence electrons. The molecule has 1 aliphatic heterocycles. The van der Waals surface area contributed by atoms with E-state index in [0.29, 0.717) is 18.5 Å². The third-order valence-corrected chi connectivity index (χ3v) is 4.46. The maximum Gasteiger partial charge on any atom is 0.259 e. The minimum absolute atomic E-state index is 0.0848. The number of H-pyrrole nitrogens is 1. The molecule has 4 nitrogen and oxygen atoms in total. The zero-order chi connectivity index (χ0) is 17.3. The molecule has 1 aliphatic rings. The van der Waals surface area contributed by atoms with Gasteiger partial charge in [0.1, 0.15) is 17.2 Å². The van der Waals surface area contributed by atoms with E-state index in [-0.39, 0.29) is 34.9 Å².